The number of benzene rings is 2. The molecule has 36 heavy (non-hydrogen) atoms. The number of nitrogens with zero attached hydrogens (tertiary/aromatic N) is 4. The van der Waals surface area contributed by atoms with Gasteiger partial charge in [0.2, 0.25) is 5.95 Å². The number of nitrogens with one attached hydrogen (secondary N) is 1. The topological polar surface area (TPSA) is 80.0 Å². The van der Waals surface area contributed by atoms with E-state index in [-0.39, 0.29) is 42.8 Å². The molecule has 1 aliphatic heterocycles. The molecule has 2 fully saturated rings. The monoisotopic (exact) mass is 544 g/mol. The summed E-state index contributed by atoms with van der Waals surface area (Å²) in [7, 11) is 0. The Morgan fingerprint density at radius 2 is 1.53 bits per heavy atom. The largest absolute Gasteiger partial charge is 0.338 e. The van der Waals surface area contributed by atoms with Crippen LogP contribution in [0.5, 0.6) is 0 Å². The maximum absolute atomic E-state index is 6.55. The van der Waals surface area contributed by atoms with E-state index in [1.165, 1.54) is 12.0 Å². The highest BCUT2D eigenvalue weighted by Gasteiger charge is 2.34. The third kappa shape index (κ3) is 5.29. The first-order valence-electron chi connectivity index (χ1n) is 11.8. The van der Waals surface area contributed by atoms with Gasteiger partial charge in [0, 0.05) is 54.4 Å². The van der Waals surface area contributed by atoms with Gasteiger partial charge >= 0.3 is 0 Å². The van der Waals surface area contributed by atoms with Gasteiger partial charge in [-0.05, 0) is 36.5 Å². The number of nitrogens with two attached hydrogens (primary N) is 1. The van der Waals surface area contributed by atoms with Gasteiger partial charge in [-0.15, -0.1) is 37.2 Å². The van der Waals surface area contributed by atoms with Gasteiger partial charge in [-0.2, -0.15) is 4.98 Å². The molecule has 4 aromatic rings. The van der Waals surface area contributed by atoms with Crippen molar-refractivity contribution in [3.8, 4) is 22.4 Å². The van der Waals surface area contributed by atoms with E-state index in [0.717, 1.165) is 78.4 Å². The van der Waals surface area contributed by atoms with Crippen molar-refractivity contribution in [2.45, 2.75) is 24.8 Å². The molecule has 0 atom stereocenters. The predicted molar refractivity (Wildman–Crippen MR) is 155 cm³/mol. The van der Waals surface area contributed by atoms with Crippen molar-refractivity contribution in [3.05, 3.63) is 72.4 Å². The number of hydrogen-bond acceptors (Lipinski definition) is 6. The number of rotatable bonds is 4. The summed E-state index contributed by atoms with van der Waals surface area (Å²) >= 11 is 0. The van der Waals surface area contributed by atoms with E-state index in [0.29, 0.717) is 0 Å². The normalized spacial score (nSPS) is 16.2. The highest BCUT2D eigenvalue weighted by atomic mass is 35.5. The summed E-state index contributed by atoms with van der Waals surface area (Å²) < 4.78 is 0. The molecule has 2 aromatic heterocycles. The molecule has 0 bridgehead atoms. The third-order valence-electron chi connectivity index (χ3n) is 7.02. The highest BCUT2D eigenvalue weighted by Crippen LogP contribution is 2.40. The number of hydrogen-bond donors (Lipinski definition) is 2. The van der Waals surface area contributed by atoms with Crippen LogP contribution in [0.4, 0.5) is 5.95 Å². The van der Waals surface area contributed by atoms with Crippen molar-refractivity contribution in [3.63, 3.8) is 0 Å². The Morgan fingerprint density at radius 1 is 0.833 bits per heavy atom. The Kier molecular flexibility index (Phi) is 9.14. The van der Waals surface area contributed by atoms with E-state index < -0.39 is 0 Å². The summed E-state index contributed by atoms with van der Waals surface area (Å²) in [5.41, 5.74) is 12.6. The van der Waals surface area contributed by atoms with Crippen LogP contribution >= 0.6 is 37.2 Å². The van der Waals surface area contributed by atoms with Gasteiger partial charge in [-0.3, -0.25) is 0 Å². The van der Waals surface area contributed by atoms with Crippen LogP contribution in [0, 0.1) is 0 Å². The lowest BCUT2D eigenvalue weighted by Gasteiger charge is -2.38. The first-order chi connectivity index (χ1) is 16.2. The van der Waals surface area contributed by atoms with Crippen LogP contribution in [0.3, 0.4) is 0 Å². The second-order valence-electron chi connectivity index (χ2n) is 9.16. The van der Waals surface area contributed by atoms with Crippen LogP contribution in [0.1, 0.15) is 24.8 Å². The zero-order valence-electron chi connectivity index (χ0n) is 19.9. The van der Waals surface area contributed by atoms with Gasteiger partial charge in [0.1, 0.15) is 0 Å². The van der Waals surface area contributed by atoms with Crippen LogP contribution in [0.2, 0.25) is 0 Å². The average Bonchev–Trinajstić information content (AvgIpc) is 2.87. The first-order valence-corrected chi connectivity index (χ1v) is 11.8. The summed E-state index contributed by atoms with van der Waals surface area (Å²) in [5, 5.41) is 4.33. The zero-order chi connectivity index (χ0) is 22.3. The van der Waals surface area contributed by atoms with Gasteiger partial charge < -0.3 is 16.0 Å². The summed E-state index contributed by atoms with van der Waals surface area (Å²) in [4.78, 5) is 16.8. The van der Waals surface area contributed by atoms with Crippen molar-refractivity contribution in [1.82, 2.24) is 20.3 Å². The number of aromatic nitrogens is 3. The molecule has 2 aliphatic rings. The Balaban J connectivity index is 0.00000120. The highest BCUT2D eigenvalue weighted by molar-refractivity contribution is 5.90. The standard InChI is InChI=1S/C27H28N6.3ClH/c28-27(11-4-12-27)22-9-7-20(8-10-22)24-23(19-5-2-1-3-6-19)17-21-18-30-26(32-25(21)31-24)33-15-13-29-14-16-33;;;/h1-3,5-10,17-18,29H,4,11-16,28H2;3*1H. The van der Waals surface area contributed by atoms with Gasteiger partial charge in [0.15, 0.2) is 5.65 Å². The first kappa shape index (κ1) is 28.1. The lowest BCUT2D eigenvalue weighted by atomic mass is 9.72. The third-order valence-corrected chi connectivity index (χ3v) is 7.02. The van der Waals surface area contributed by atoms with Crippen molar-refractivity contribution in [2.75, 3.05) is 31.1 Å². The van der Waals surface area contributed by atoms with Crippen molar-refractivity contribution >= 4 is 54.2 Å². The Bertz CT molecular complexity index is 1290. The second kappa shape index (κ2) is 11.7. The van der Waals surface area contributed by atoms with E-state index >= 15 is 0 Å². The number of pyridine rings is 1. The molecule has 0 radical (unpaired) electrons. The number of anilines is 1. The molecule has 3 heterocycles. The fraction of sp³-hybridized carbons (Fsp3) is 0.296. The van der Waals surface area contributed by atoms with Gasteiger partial charge in [-0.25, -0.2) is 9.97 Å². The van der Waals surface area contributed by atoms with E-state index in [4.69, 9.17) is 15.7 Å². The minimum Gasteiger partial charge on any atom is -0.338 e. The predicted octanol–water partition coefficient (Wildman–Crippen LogP) is 5.37. The SMILES string of the molecule is Cl.Cl.Cl.NC1(c2ccc(-c3nc4nc(N5CCNCC5)ncc4cc3-c3ccccc3)cc2)CCC1. The maximum Gasteiger partial charge on any atom is 0.227 e. The molecule has 2 aromatic carbocycles. The van der Waals surface area contributed by atoms with E-state index in [2.05, 4.69) is 69.8 Å². The molecule has 0 amide bonds. The Morgan fingerprint density at radius 3 is 2.17 bits per heavy atom. The molecule has 1 saturated carbocycles. The van der Waals surface area contributed by atoms with Crippen molar-refractivity contribution < 1.29 is 0 Å². The molecule has 0 unspecified atom stereocenters. The van der Waals surface area contributed by atoms with E-state index in [1.54, 1.807) is 0 Å². The quantitative estimate of drug-likeness (QED) is 0.359. The Labute approximate surface area is 230 Å². The fourth-order valence-electron chi connectivity index (χ4n) is 4.84. The zero-order valence-corrected chi connectivity index (χ0v) is 22.3. The van der Waals surface area contributed by atoms with E-state index in [9.17, 15) is 0 Å². The fourth-order valence-corrected chi connectivity index (χ4v) is 4.84. The number of fused-ring (bicyclic) bond motifs is 1. The van der Waals surface area contributed by atoms with Crippen LogP contribution < -0.4 is 16.0 Å². The molecule has 6 rings (SSSR count). The minimum absolute atomic E-state index is 0. The van der Waals surface area contributed by atoms with Crippen LogP contribution in [0.25, 0.3) is 33.4 Å². The lowest BCUT2D eigenvalue weighted by Crippen LogP contribution is -2.44. The second-order valence-corrected chi connectivity index (χ2v) is 9.16. The van der Waals surface area contributed by atoms with Crippen LogP contribution in [-0.2, 0) is 5.54 Å². The van der Waals surface area contributed by atoms with Gasteiger partial charge in [-0.1, -0.05) is 54.6 Å². The molecule has 6 nitrogen and oxygen atoms in total. The van der Waals surface area contributed by atoms with Gasteiger partial charge in [0.25, 0.3) is 0 Å². The summed E-state index contributed by atoms with van der Waals surface area (Å²) in [5.74, 6) is 0.750. The smallest absolute Gasteiger partial charge is 0.227 e. The van der Waals surface area contributed by atoms with E-state index in [1.807, 2.05) is 12.3 Å². The van der Waals surface area contributed by atoms with Gasteiger partial charge in [0.05, 0.1) is 5.69 Å². The number of piperazine rings is 1. The molecular weight excluding hydrogens is 515 g/mol. The molecular formula is C27H31Cl3N6. The molecule has 1 saturated heterocycles. The lowest BCUT2D eigenvalue weighted by molar-refractivity contribution is 0.253. The van der Waals surface area contributed by atoms with Crippen molar-refractivity contribution in [2.24, 2.45) is 5.73 Å². The molecule has 0 spiro atoms. The molecule has 9 heteroatoms. The maximum atomic E-state index is 6.55. The minimum atomic E-state index is -0.164. The molecule has 3 N–H and O–H groups in total. The molecule has 190 valence electrons. The summed E-state index contributed by atoms with van der Waals surface area (Å²) in [6.45, 7) is 3.70. The number of halogens is 3. The van der Waals surface area contributed by atoms with Crippen LogP contribution in [-0.4, -0.2) is 41.1 Å². The van der Waals surface area contributed by atoms with Crippen molar-refractivity contribution in [1.29, 1.82) is 0 Å². The Hall–Kier alpha value is -2.48. The summed E-state index contributed by atoms with van der Waals surface area (Å²) in [6, 6.07) is 21.2. The summed E-state index contributed by atoms with van der Waals surface area (Å²) in [6.07, 6.45) is 5.22. The van der Waals surface area contributed by atoms with Crippen LogP contribution in [0.15, 0.2) is 66.9 Å². The molecule has 1 aliphatic carbocycles. The average molecular weight is 546 g/mol.